The summed E-state index contributed by atoms with van der Waals surface area (Å²) in [5, 5.41) is 6.51. The Labute approximate surface area is 163 Å². The molecule has 3 rings (SSSR count). The quantitative estimate of drug-likeness (QED) is 0.409. The molecule has 134 valence electrons. The molecular weight excluding hydrogens is 435 g/mol. The molecule has 0 fully saturated rings. The number of guanidine groups is 1. The van der Waals surface area contributed by atoms with Crippen LogP contribution >= 0.6 is 24.0 Å². The number of halogens is 1. The molecule has 25 heavy (non-hydrogen) atoms. The molecular formula is C17H21IN4O3. The number of hydrogen-bond acceptors (Lipinski definition) is 5. The molecule has 0 atom stereocenters. The Balaban J connectivity index is 0.00000225. The van der Waals surface area contributed by atoms with Crippen LogP contribution in [-0.2, 0) is 13.1 Å². The SMILES string of the molecule is CN=C(NCc1ccc2c(c1)OCO2)NCc1cccnc1OC.I. The molecule has 0 aliphatic carbocycles. The molecule has 0 unspecified atom stereocenters. The van der Waals surface area contributed by atoms with Gasteiger partial charge < -0.3 is 24.8 Å². The summed E-state index contributed by atoms with van der Waals surface area (Å²) >= 11 is 0. The molecule has 1 aliphatic rings. The average Bonchev–Trinajstić information content (AvgIpc) is 3.10. The third kappa shape index (κ3) is 4.88. The Hall–Kier alpha value is -2.23. The van der Waals surface area contributed by atoms with Crippen LogP contribution in [0.2, 0.25) is 0 Å². The van der Waals surface area contributed by atoms with E-state index in [9.17, 15) is 0 Å². The van der Waals surface area contributed by atoms with Gasteiger partial charge in [-0.15, -0.1) is 24.0 Å². The van der Waals surface area contributed by atoms with Crippen LogP contribution in [0.15, 0.2) is 41.5 Å². The predicted molar refractivity (Wildman–Crippen MR) is 106 cm³/mol. The number of fused-ring (bicyclic) bond motifs is 1. The molecule has 0 spiro atoms. The van der Waals surface area contributed by atoms with E-state index in [1.54, 1.807) is 20.4 Å². The molecule has 0 saturated heterocycles. The van der Waals surface area contributed by atoms with Gasteiger partial charge >= 0.3 is 0 Å². The molecule has 7 nitrogen and oxygen atoms in total. The van der Waals surface area contributed by atoms with Crippen molar-refractivity contribution in [1.29, 1.82) is 0 Å². The van der Waals surface area contributed by atoms with Gasteiger partial charge in [0.15, 0.2) is 17.5 Å². The van der Waals surface area contributed by atoms with Crippen molar-refractivity contribution >= 4 is 29.9 Å². The van der Waals surface area contributed by atoms with Crippen LogP contribution < -0.4 is 24.8 Å². The second kappa shape index (κ2) is 9.30. The van der Waals surface area contributed by atoms with Crippen molar-refractivity contribution in [2.45, 2.75) is 13.1 Å². The van der Waals surface area contributed by atoms with Gasteiger partial charge in [0.2, 0.25) is 12.7 Å². The number of nitrogens with zero attached hydrogens (tertiary/aromatic N) is 2. The van der Waals surface area contributed by atoms with E-state index >= 15 is 0 Å². The maximum Gasteiger partial charge on any atom is 0.231 e. The monoisotopic (exact) mass is 456 g/mol. The minimum atomic E-state index is 0. The van der Waals surface area contributed by atoms with Crippen molar-refractivity contribution < 1.29 is 14.2 Å². The molecule has 0 amide bonds. The van der Waals surface area contributed by atoms with E-state index in [2.05, 4.69) is 20.6 Å². The Bertz CT molecular complexity index is 740. The highest BCUT2D eigenvalue weighted by molar-refractivity contribution is 14.0. The molecule has 2 N–H and O–H groups in total. The summed E-state index contributed by atoms with van der Waals surface area (Å²) in [5.41, 5.74) is 2.05. The van der Waals surface area contributed by atoms with Gasteiger partial charge in [-0.05, 0) is 23.8 Å². The summed E-state index contributed by atoms with van der Waals surface area (Å²) in [4.78, 5) is 8.40. The second-order valence-corrected chi connectivity index (χ2v) is 5.14. The highest BCUT2D eigenvalue weighted by Crippen LogP contribution is 2.32. The number of aliphatic imine (C=N–C) groups is 1. The lowest BCUT2D eigenvalue weighted by atomic mass is 10.2. The van der Waals surface area contributed by atoms with Gasteiger partial charge in [0.25, 0.3) is 0 Å². The zero-order valence-corrected chi connectivity index (χ0v) is 16.4. The number of nitrogens with one attached hydrogen (secondary N) is 2. The summed E-state index contributed by atoms with van der Waals surface area (Å²) in [7, 11) is 3.34. The fourth-order valence-corrected chi connectivity index (χ4v) is 2.38. The number of rotatable bonds is 5. The normalized spacial score (nSPS) is 12.3. The standard InChI is InChI=1S/C17H20N4O3.HI/c1-18-17(21-10-13-4-3-7-19-16(13)22-2)20-9-12-5-6-14-15(8-12)24-11-23-14;/h3-8H,9-11H2,1-2H3,(H2,18,20,21);1H. The van der Waals surface area contributed by atoms with Crippen molar-refractivity contribution in [2.24, 2.45) is 4.99 Å². The van der Waals surface area contributed by atoms with Crippen LogP contribution in [0.4, 0.5) is 0 Å². The van der Waals surface area contributed by atoms with E-state index in [1.165, 1.54) is 0 Å². The minimum absolute atomic E-state index is 0. The van der Waals surface area contributed by atoms with Gasteiger partial charge in [0.05, 0.1) is 7.11 Å². The molecule has 8 heteroatoms. The maximum atomic E-state index is 5.39. The van der Waals surface area contributed by atoms with Crippen LogP contribution in [-0.4, -0.2) is 31.9 Å². The zero-order valence-electron chi connectivity index (χ0n) is 14.1. The van der Waals surface area contributed by atoms with Gasteiger partial charge in [-0.25, -0.2) is 4.98 Å². The predicted octanol–water partition coefficient (Wildman–Crippen LogP) is 2.30. The molecule has 2 heterocycles. The van der Waals surface area contributed by atoms with E-state index in [1.807, 2.05) is 30.3 Å². The molecule has 1 aromatic carbocycles. The van der Waals surface area contributed by atoms with E-state index in [-0.39, 0.29) is 30.8 Å². The Morgan fingerprint density at radius 2 is 2.00 bits per heavy atom. The zero-order chi connectivity index (χ0) is 16.8. The topological polar surface area (TPSA) is 77.0 Å². The van der Waals surface area contributed by atoms with Crippen LogP contribution in [0, 0.1) is 0 Å². The summed E-state index contributed by atoms with van der Waals surface area (Å²) in [6.45, 7) is 1.47. The molecule has 0 saturated carbocycles. The second-order valence-electron chi connectivity index (χ2n) is 5.14. The first-order valence-electron chi connectivity index (χ1n) is 7.61. The third-order valence-electron chi connectivity index (χ3n) is 3.61. The Morgan fingerprint density at radius 1 is 1.20 bits per heavy atom. The average molecular weight is 456 g/mol. The number of hydrogen-bond donors (Lipinski definition) is 2. The van der Waals surface area contributed by atoms with Crippen molar-refractivity contribution in [1.82, 2.24) is 15.6 Å². The summed E-state index contributed by atoms with van der Waals surface area (Å²) in [6, 6.07) is 9.72. The number of benzene rings is 1. The van der Waals surface area contributed by atoms with E-state index < -0.39 is 0 Å². The van der Waals surface area contributed by atoms with Gasteiger partial charge in [-0.2, -0.15) is 0 Å². The molecule has 2 aromatic rings. The summed E-state index contributed by atoms with van der Waals surface area (Å²) in [5.74, 6) is 2.86. The number of ether oxygens (including phenoxy) is 3. The van der Waals surface area contributed by atoms with Gasteiger partial charge in [0, 0.05) is 31.9 Å². The van der Waals surface area contributed by atoms with E-state index in [4.69, 9.17) is 14.2 Å². The summed E-state index contributed by atoms with van der Waals surface area (Å²) in [6.07, 6.45) is 1.70. The van der Waals surface area contributed by atoms with Crippen LogP contribution in [0.5, 0.6) is 17.4 Å². The van der Waals surface area contributed by atoms with Crippen LogP contribution in [0.25, 0.3) is 0 Å². The Morgan fingerprint density at radius 3 is 2.80 bits per heavy atom. The van der Waals surface area contributed by atoms with E-state index in [0.717, 1.165) is 22.6 Å². The van der Waals surface area contributed by atoms with Gasteiger partial charge in [0.1, 0.15) is 0 Å². The van der Waals surface area contributed by atoms with E-state index in [0.29, 0.717) is 24.9 Å². The summed E-state index contributed by atoms with van der Waals surface area (Å²) < 4.78 is 15.9. The number of pyridine rings is 1. The first kappa shape index (κ1) is 19.1. The van der Waals surface area contributed by atoms with Crippen molar-refractivity contribution in [3.05, 3.63) is 47.7 Å². The van der Waals surface area contributed by atoms with Crippen LogP contribution in [0.1, 0.15) is 11.1 Å². The minimum Gasteiger partial charge on any atom is -0.481 e. The van der Waals surface area contributed by atoms with Gasteiger partial charge in [-0.3, -0.25) is 4.99 Å². The lowest BCUT2D eigenvalue weighted by Crippen LogP contribution is -2.36. The van der Waals surface area contributed by atoms with Crippen LogP contribution in [0.3, 0.4) is 0 Å². The lowest BCUT2D eigenvalue weighted by molar-refractivity contribution is 0.174. The molecule has 1 aliphatic heterocycles. The first-order chi connectivity index (χ1) is 11.8. The first-order valence-corrected chi connectivity index (χ1v) is 7.61. The fourth-order valence-electron chi connectivity index (χ4n) is 2.38. The maximum absolute atomic E-state index is 5.39. The van der Waals surface area contributed by atoms with Gasteiger partial charge in [-0.1, -0.05) is 12.1 Å². The lowest BCUT2D eigenvalue weighted by Gasteiger charge is -2.13. The molecule has 1 aromatic heterocycles. The molecule has 0 radical (unpaired) electrons. The van der Waals surface area contributed by atoms with Crippen molar-refractivity contribution in [3.8, 4) is 17.4 Å². The highest BCUT2D eigenvalue weighted by atomic mass is 127. The smallest absolute Gasteiger partial charge is 0.231 e. The largest absolute Gasteiger partial charge is 0.481 e. The number of aromatic nitrogens is 1. The van der Waals surface area contributed by atoms with Crippen molar-refractivity contribution in [3.63, 3.8) is 0 Å². The van der Waals surface area contributed by atoms with Crippen molar-refractivity contribution in [2.75, 3.05) is 21.0 Å². The highest BCUT2D eigenvalue weighted by Gasteiger charge is 2.13. The fraction of sp³-hybridized carbons (Fsp3) is 0.294. The Kier molecular flexibility index (Phi) is 7.11. The number of methoxy groups -OCH3 is 1. The molecule has 0 bridgehead atoms. The third-order valence-corrected chi connectivity index (χ3v) is 3.61.